The van der Waals surface area contributed by atoms with E-state index in [9.17, 15) is 0 Å². The number of methoxy groups -OCH3 is 2. The van der Waals surface area contributed by atoms with Gasteiger partial charge in [0.15, 0.2) is 0 Å². The van der Waals surface area contributed by atoms with Gasteiger partial charge in [-0.05, 0) is 79.0 Å². The number of ether oxygens (including phenoxy) is 5. The van der Waals surface area contributed by atoms with Crippen LogP contribution in [0.15, 0.2) is 66.7 Å². The minimum absolute atomic E-state index is 0.111. The standard InChI is InChI=1S/C34H43N3O5/c1-38-18-3-16-36-17-19-40-33-13-4-25(20-32(33)36)24-41-34-21-35-15-14-31(34)26-5-9-29(10-6-26)42-30-22-37(23-30)27-7-11-28(39-2)12-8-27/h4-13,20,30-31,34-35H,3,14-19,21-24H2,1-2H3/t31-,34+/m1/s1. The molecule has 3 aromatic rings. The molecule has 3 aromatic carbocycles. The van der Waals surface area contributed by atoms with Crippen molar-refractivity contribution in [3.63, 3.8) is 0 Å². The van der Waals surface area contributed by atoms with Gasteiger partial charge in [0.05, 0.1) is 45.1 Å². The van der Waals surface area contributed by atoms with E-state index in [0.717, 1.165) is 88.3 Å². The number of hydrogen-bond donors (Lipinski definition) is 1. The lowest BCUT2D eigenvalue weighted by Crippen LogP contribution is -2.54. The molecule has 0 aliphatic carbocycles. The van der Waals surface area contributed by atoms with Crippen LogP contribution in [0.2, 0.25) is 0 Å². The van der Waals surface area contributed by atoms with E-state index < -0.39 is 0 Å². The summed E-state index contributed by atoms with van der Waals surface area (Å²) < 4.78 is 29.3. The van der Waals surface area contributed by atoms with Crippen LogP contribution >= 0.6 is 0 Å². The Bertz CT molecular complexity index is 1280. The quantitative estimate of drug-likeness (QED) is 0.308. The first-order valence-electron chi connectivity index (χ1n) is 15.2. The van der Waals surface area contributed by atoms with Crippen LogP contribution in [0.3, 0.4) is 0 Å². The Kier molecular flexibility index (Phi) is 9.33. The maximum Gasteiger partial charge on any atom is 0.142 e. The molecule has 0 unspecified atom stereocenters. The average molecular weight is 574 g/mol. The Morgan fingerprint density at radius 2 is 1.76 bits per heavy atom. The fraction of sp³-hybridized carbons (Fsp3) is 0.471. The summed E-state index contributed by atoms with van der Waals surface area (Å²) in [7, 11) is 3.45. The number of hydrogen-bond acceptors (Lipinski definition) is 8. The van der Waals surface area contributed by atoms with Gasteiger partial charge in [-0.3, -0.25) is 0 Å². The Hall–Kier alpha value is -3.46. The molecule has 2 fully saturated rings. The molecule has 0 amide bonds. The van der Waals surface area contributed by atoms with Crippen molar-refractivity contribution >= 4 is 11.4 Å². The second-order valence-corrected chi connectivity index (χ2v) is 11.3. The van der Waals surface area contributed by atoms with E-state index in [0.29, 0.717) is 12.5 Å². The van der Waals surface area contributed by atoms with E-state index >= 15 is 0 Å². The monoisotopic (exact) mass is 573 g/mol. The molecule has 42 heavy (non-hydrogen) atoms. The van der Waals surface area contributed by atoms with E-state index in [-0.39, 0.29) is 12.2 Å². The smallest absolute Gasteiger partial charge is 0.142 e. The first kappa shape index (κ1) is 28.6. The lowest BCUT2D eigenvalue weighted by atomic mass is 9.87. The van der Waals surface area contributed by atoms with E-state index in [2.05, 4.69) is 69.7 Å². The van der Waals surface area contributed by atoms with Crippen molar-refractivity contribution in [2.24, 2.45) is 0 Å². The number of fused-ring (bicyclic) bond motifs is 1. The predicted molar refractivity (Wildman–Crippen MR) is 166 cm³/mol. The van der Waals surface area contributed by atoms with Gasteiger partial charge in [-0.25, -0.2) is 0 Å². The SMILES string of the molecule is COCCCN1CCOc2ccc(CO[C@H]3CNCC[C@@H]3c3ccc(OC4CN(c5ccc(OC)cc5)C4)cc3)cc21. The third-order valence-electron chi connectivity index (χ3n) is 8.55. The van der Waals surface area contributed by atoms with E-state index in [1.165, 1.54) is 16.8 Å². The van der Waals surface area contributed by atoms with Gasteiger partial charge in [0.25, 0.3) is 0 Å². The van der Waals surface area contributed by atoms with Gasteiger partial charge >= 0.3 is 0 Å². The van der Waals surface area contributed by atoms with Gasteiger partial charge in [-0.15, -0.1) is 0 Å². The van der Waals surface area contributed by atoms with Gasteiger partial charge in [0.1, 0.15) is 30.0 Å². The molecule has 0 radical (unpaired) electrons. The number of rotatable bonds is 12. The molecule has 6 rings (SSSR count). The van der Waals surface area contributed by atoms with Crippen molar-refractivity contribution in [3.05, 3.63) is 77.9 Å². The lowest BCUT2D eigenvalue weighted by molar-refractivity contribution is 0.0106. The number of piperidine rings is 1. The first-order chi connectivity index (χ1) is 20.7. The fourth-order valence-corrected chi connectivity index (χ4v) is 6.13. The molecule has 3 aliphatic rings. The minimum atomic E-state index is 0.111. The molecule has 3 heterocycles. The van der Waals surface area contributed by atoms with Crippen LogP contribution in [0, 0.1) is 0 Å². The predicted octanol–water partition coefficient (Wildman–Crippen LogP) is 4.86. The Morgan fingerprint density at radius 1 is 0.952 bits per heavy atom. The summed E-state index contributed by atoms with van der Waals surface area (Å²) in [6.45, 7) is 7.55. The zero-order chi connectivity index (χ0) is 28.7. The molecule has 224 valence electrons. The van der Waals surface area contributed by atoms with Crippen LogP contribution in [-0.4, -0.2) is 78.9 Å². The van der Waals surface area contributed by atoms with Gasteiger partial charge in [-0.2, -0.15) is 0 Å². The summed E-state index contributed by atoms with van der Waals surface area (Å²) in [5, 5.41) is 3.53. The second-order valence-electron chi connectivity index (χ2n) is 11.3. The second kappa shape index (κ2) is 13.7. The molecule has 2 atom stereocenters. The van der Waals surface area contributed by atoms with Crippen LogP contribution in [0.4, 0.5) is 11.4 Å². The van der Waals surface area contributed by atoms with Crippen molar-refractivity contribution < 1.29 is 23.7 Å². The number of anilines is 2. The molecule has 0 bridgehead atoms. The Morgan fingerprint density at radius 3 is 2.55 bits per heavy atom. The maximum atomic E-state index is 6.56. The minimum Gasteiger partial charge on any atom is -0.497 e. The van der Waals surface area contributed by atoms with Crippen LogP contribution in [0.25, 0.3) is 0 Å². The molecule has 1 N–H and O–H groups in total. The molecule has 0 aromatic heterocycles. The lowest BCUT2D eigenvalue weighted by Gasteiger charge is -2.40. The summed E-state index contributed by atoms with van der Waals surface area (Å²) in [5.41, 5.74) is 4.84. The maximum absolute atomic E-state index is 6.56. The first-order valence-corrected chi connectivity index (χ1v) is 15.2. The van der Waals surface area contributed by atoms with Crippen LogP contribution in [-0.2, 0) is 16.1 Å². The van der Waals surface area contributed by atoms with Gasteiger partial charge in [0, 0.05) is 38.4 Å². The Labute approximate surface area is 249 Å². The van der Waals surface area contributed by atoms with E-state index in [1.54, 1.807) is 14.2 Å². The van der Waals surface area contributed by atoms with Gasteiger partial charge < -0.3 is 38.8 Å². The molecule has 0 spiro atoms. The van der Waals surface area contributed by atoms with E-state index in [4.69, 9.17) is 23.7 Å². The van der Waals surface area contributed by atoms with Crippen molar-refractivity contribution in [1.82, 2.24) is 5.32 Å². The molecule has 8 heteroatoms. The van der Waals surface area contributed by atoms with Crippen LogP contribution in [0.1, 0.15) is 29.9 Å². The third kappa shape index (κ3) is 6.77. The highest BCUT2D eigenvalue weighted by Crippen LogP contribution is 2.34. The zero-order valence-electron chi connectivity index (χ0n) is 24.8. The van der Waals surface area contributed by atoms with Crippen LogP contribution < -0.4 is 29.3 Å². The topological polar surface area (TPSA) is 64.7 Å². The van der Waals surface area contributed by atoms with Gasteiger partial charge in [-0.1, -0.05) is 18.2 Å². The number of nitrogens with one attached hydrogen (secondary N) is 1. The summed E-state index contributed by atoms with van der Waals surface area (Å²) >= 11 is 0. The molecule has 0 saturated carbocycles. The summed E-state index contributed by atoms with van der Waals surface area (Å²) in [6, 6.07) is 23.3. The highest BCUT2D eigenvalue weighted by Gasteiger charge is 2.30. The molecule has 8 nitrogen and oxygen atoms in total. The largest absolute Gasteiger partial charge is 0.497 e. The van der Waals surface area contributed by atoms with E-state index in [1.807, 2.05) is 12.1 Å². The van der Waals surface area contributed by atoms with Crippen LogP contribution in [0.5, 0.6) is 17.2 Å². The Balaban J connectivity index is 1.02. The zero-order valence-corrected chi connectivity index (χ0v) is 24.8. The van der Waals surface area contributed by atoms with Gasteiger partial charge in [0.2, 0.25) is 0 Å². The highest BCUT2D eigenvalue weighted by molar-refractivity contribution is 5.61. The molecule has 2 saturated heterocycles. The highest BCUT2D eigenvalue weighted by atomic mass is 16.5. The molecule has 3 aliphatic heterocycles. The fourth-order valence-electron chi connectivity index (χ4n) is 6.13. The normalized spacial score (nSPS) is 20.4. The summed E-state index contributed by atoms with van der Waals surface area (Å²) in [6.07, 6.45) is 2.36. The summed E-state index contributed by atoms with van der Waals surface area (Å²) in [5.74, 6) is 3.11. The number of benzene rings is 3. The summed E-state index contributed by atoms with van der Waals surface area (Å²) in [4.78, 5) is 4.72. The molecular formula is C34H43N3O5. The van der Waals surface area contributed by atoms with Crippen molar-refractivity contribution in [2.75, 3.05) is 76.5 Å². The average Bonchev–Trinajstić information content (AvgIpc) is 3.02. The number of nitrogens with zero attached hydrogens (tertiary/aromatic N) is 2. The van der Waals surface area contributed by atoms with Crippen molar-refractivity contribution in [2.45, 2.75) is 37.6 Å². The third-order valence-corrected chi connectivity index (χ3v) is 8.55. The van der Waals surface area contributed by atoms with Crippen molar-refractivity contribution in [1.29, 1.82) is 0 Å². The van der Waals surface area contributed by atoms with Crippen molar-refractivity contribution in [3.8, 4) is 17.2 Å². The molecular weight excluding hydrogens is 530 g/mol.